The predicted molar refractivity (Wildman–Crippen MR) is 44.6 cm³/mol. The molecule has 0 unspecified atom stereocenters. The lowest BCUT2D eigenvalue weighted by Gasteiger charge is -2.09. The van der Waals surface area contributed by atoms with E-state index in [0.29, 0.717) is 0 Å². The number of pyridine rings is 1. The molecule has 1 heterocycles. The van der Waals surface area contributed by atoms with Gasteiger partial charge in [-0.15, -0.1) is 0 Å². The van der Waals surface area contributed by atoms with E-state index in [1.165, 1.54) is 6.92 Å². The van der Waals surface area contributed by atoms with Crippen LogP contribution in [0.3, 0.4) is 0 Å². The second-order valence-electron chi connectivity index (χ2n) is 2.73. The molecule has 14 heavy (non-hydrogen) atoms. The van der Waals surface area contributed by atoms with Crippen molar-refractivity contribution in [2.24, 2.45) is 0 Å². The van der Waals surface area contributed by atoms with Crippen LogP contribution in [0.5, 0.6) is 0 Å². The number of nitriles is 1. The van der Waals surface area contributed by atoms with Crippen molar-refractivity contribution < 1.29 is 13.9 Å². The van der Waals surface area contributed by atoms with Crippen molar-refractivity contribution in [2.45, 2.75) is 20.0 Å². The molecule has 0 fully saturated rings. The van der Waals surface area contributed by atoms with E-state index < -0.39 is 18.6 Å². The van der Waals surface area contributed by atoms with Crippen molar-refractivity contribution in [3.05, 3.63) is 28.6 Å². The van der Waals surface area contributed by atoms with Crippen molar-refractivity contribution in [2.75, 3.05) is 0 Å². The summed E-state index contributed by atoms with van der Waals surface area (Å²) in [4.78, 5) is 3.75. The van der Waals surface area contributed by atoms with E-state index in [2.05, 4.69) is 4.98 Å². The molecule has 0 amide bonds. The zero-order chi connectivity index (χ0) is 10.7. The monoisotopic (exact) mass is 198 g/mol. The average molecular weight is 198 g/mol. The van der Waals surface area contributed by atoms with E-state index in [1.54, 1.807) is 6.07 Å². The highest BCUT2D eigenvalue weighted by Crippen LogP contribution is 2.27. The van der Waals surface area contributed by atoms with Gasteiger partial charge in [0.1, 0.15) is 6.07 Å². The molecule has 5 heteroatoms. The van der Waals surface area contributed by atoms with Crippen LogP contribution >= 0.6 is 0 Å². The molecule has 0 radical (unpaired) electrons. The molecule has 0 saturated heterocycles. The van der Waals surface area contributed by atoms with Gasteiger partial charge in [-0.2, -0.15) is 5.26 Å². The molecule has 1 aromatic heterocycles. The highest BCUT2D eigenvalue weighted by atomic mass is 19.3. The third-order valence-electron chi connectivity index (χ3n) is 1.89. The Morgan fingerprint density at radius 3 is 2.71 bits per heavy atom. The van der Waals surface area contributed by atoms with E-state index in [4.69, 9.17) is 10.4 Å². The van der Waals surface area contributed by atoms with Gasteiger partial charge in [-0.1, -0.05) is 0 Å². The summed E-state index contributed by atoms with van der Waals surface area (Å²) in [5.41, 5.74) is -0.309. The van der Waals surface area contributed by atoms with E-state index in [0.717, 1.165) is 6.20 Å². The normalized spacial score (nSPS) is 10.3. The minimum atomic E-state index is -2.77. The highest BCUT2D eigenvalue weighted by molar-refractivity contribution is 5.45. The molecule has 0 aliphatic carbocycles. The van der Waals surface area contributed by atoms with Crippen LogP contribution in [0.2, 0.25) is 0 Å². The molecule has 0 atom stereocenters. The Bertz CT molecular complexity index is 385. The summed E-state index contributed by atoms with van der Waals surface area (Å²) in [6, 6.07) is 1.67. The second kappa shape index (κ2) is 4.11. The summed E-state index contributed by atoms with van der Waals surface area (Å²) in [5, 5.41) is 17.5. The van der Waals surface area contributed by atoms with Gasteiger partial charge < -0.3 is 5.11 Å². The topological polar surface area (TPSA) is 56.9 Å². The smallest absolute Gasteiger partial charge is 0.265 e. The summed E-state index contributed by atoms with van der Waals surface area (Å²) < 4.78 is 25.1. The number of alkyl halides is 2. The molecule has 3 nitrogen and oxygen atoms in total. The standard InChI is InChI=1S/C9H8F2N2O/c1-5-7(2-12)8(9(10)11)6(4-14)3-13-5/h3,9,14H,4H2,1H3. The number of aliphatic hydroxyl groups is 1. The third kappa shape index (κ3) is 1.70. The van der Waals surface area contributed by atoms with Gasteiger partial charge in [0.15, 0.2) is 0 Å². The Kier molecular flexibility index (Phi) is 3.10. The zero-order valence-electron chi connectivity index (χ0n) is 7.46. The first-order valence-electron chi connectivity index (χ1n) is 3.89. The largest absolute Gasteiger partial charge is 0.392 e. The SMILES string of the molecule is Cc1ncc(CO)c(C(F)F)c1C#N. The molecule has 1 aromatic rings. The quantitative estimate of drug-likeness (QED) is 0.786. The molecule has 1 N–H and O–H groups in total. The molecule has 0 bridgehead atoms. The highest BCUT2D eigenvalue weighted by Gasteiger charge is 2.19. The number of aromatic nitrogens is 1. The van der Waals surface area contributed by atoms with E-state index in [-0.39, 0.29) is 16.8 Å². The molecular weight excluding hydrogens is 190 g/mol. The minimum absolute atomic E-state index is 0.00199. The predicted octanol–water partition coefficient (Wildman–Crippen LogP) is 1.69. The fraction of sp³-hybridized carbons (Fsp3) is 0.333. The third-order valence-corrected chi connectivity index (χ3v) is 1.89. The van der Waals surface area contributed by atoms with Gasteiger partial charge in [0.2, 0.25) is 0 Å². The Hall–Kier alpha value is -1.54. The summed E-state index contributed by atoms with van der Waals surface area (Å²) >= 11 is 0. The van der Waals surface area contributed by atoms with Gasteiger partial charge >= 0.3 is 0 Å². The lowest BCUT2D eigenvalue weighted by Crippen LogP contribution is -2.03. The van der Waals surface area contributed by atoms with Crippen molar-refractivity contribution in [1.29, 1.82) is 5.26 Å². The van der Waals surface area contributed by atoms with E-state index in [1.807, 2.05) is 0 Å². The first-order valence-corrected chi connectivity index (χ1v) is 3.89. The molecule has 0 saturated carbocycles. The van der Waals surface area contributed by atoms with Crippen molar-refractivity contribution >= 4 is 0 Å². The van der Waals surface area contributed by atoms with Crippen LogP contribution in [0.15, 0.2) is 6.20 Å². The van der Waals surface area contributed by atoms with Gasteiger partial charge in [-0.25, -0.2) is 8.78 Å². The second-order valence-corrected chi connectivity index (χ2v) is 2.73. The zero-order valence-corrected chi connectivity index (χ0v) is 7.46. The number of aliphatic hydroxyl groups excluding tert-OH is 1. The number of rotatable bonds is 2. The summed E-state index contributed by atoms with van der Waals surface area (Å²) in [7, 11) is 0. The minimum Gasteiger partial charge on any atom is -0.392 e. The Labute approximate surface area is 79.6 Å². The number of aryl methyl sites for hydroxylation is 1. The molecular formula is C9H8F2N2O. The number of hydrogen-bond acceptors (Lipinski definition) is 3. The maximum Gasteiger partial charge on any atom is 0.265 e. The molecule has 74 valence electrons. The molecule has 0 aliphatic rings. The van der Waals surface area contributed by atoms with Crippen LogP contribution in [0.25, 0.3) is 0 Å². The van der Waals surface area contributed by atoms with Crippen molar-refractivity contribution in [3.8, 4) is 6.07 Å². The lowest BCUT2D eigenvalue weighted by molar-refractivity contribution is 0.146. The van der Waals surface area contributed by atoms with Crippen LogP contribution in [0.4, 0.5) is 8.78 Å². The maximum absolute atomic E-state index is 12.6. The van der Waals surface area contributed by atoms with E-state index in [9.17, 15) is 8.78 Å². The van der Waals surface area contributed by atoms with Crippen LogP contribution in [0, 0.1) is 18.3 Å². The number of halogens is 2. The first kappa shape index (κ1) is 10.5. The van der Waals surface area contributed by atoms with Gasteiger partial charge in [0, 0.05) is 17.3 Å². The Balaban J connectivity index is 3.46. The van der Waals surface area contributed by atoms with Crippen molar-refractivity contribution in [1.82, 2.24) is 4.98 Å². The van der Waals surface area contributed by atoms with Crippen molar-refractivity contribution in [3.63, 3.8) is 0 Å². The molecule has 1 rings (SSSR count). The summed E-state index contributed by atoms with van der Waals surface area (Å²) in [6.07, 6.45) is -1.61. The number of hydrogen-bond donors (Lipinski definition) is 1. The Morgan fingerprint density at radius 2 is 2.29 bits per heavy atom. The van der Waals surface area contributed by atoms with Crippen LogP contribution in [-0.4, -0.2) is 10.1 Å². The lowest BCUT2D eigenvalue weighted by atomic mass is 10.0. The van der Waals surface area contributed by atoms with E-state index >= 15 is 0 Å². The molecule has 0 aliphatic heterocycles. The molecule has 0 spiro atoms. The van der Waals surface area contributed by atoms with Crippen LogP contribution < -0.4 is 0 Å². The summed E-state index contributed by atoms with van der Waals surface area (Å²) in [5.74, 6) is 0. The maximum atomic E-state index is 12.6. The number of nitrogens with zero attached hydrogens (tertiary/aromatic N) is 2. The Morgan fingerprint density at radius 1 is 1.64 bits per heavy atom. The average Bonchev–Trinajstić information content (AvgIpc) is 2.17. The fourth-order valence-corrected chi connectivity index (χ4v) is 1.18. The van der Waals surface area contributed by atoms with Gasteiger partial charge in [-0.05, 0) is 6.92 Å². The van der Waals surface area contributed by atoms with Gasteiger partial charge in [-0.3, -0.25) is 4.98 Å². The first-order chi connectivity index (χ1) is 6.61. The van der Waals surface area contributed by atoms with Crippen LogP contribution in [-0.2, 0) is 6.61 Å². The fourth-order valence-electron chi connectivity index (χ4n) is 1.18. The van der Waals surface area contributed by atoms with Gasteiger partial charge in [0.25, 0.3) is 6.43 Å². The van der Waals surface area contributed by atoms with Gasteiger partial charge in [0.05, 0.1) is 17.9 Å². The molecule has 0 aromatic carbocycles. The summed E-state index contributed by atoms with van der Waals surface area (Å²) in [6.45, 7) is 0.938. The van der Waals surface area contributed by atoms with Crippen LogP contribution in [0.1, 0.15) is 28.8 Å².